The summed E-state index contributed by atoms with van der Waals surface area (Å²) in [6.45, 7) is 0. The fourth-order valence-corrected chi connectivity index (χ4v) is 3.36. The maximum atomic E-state index is 12.1. The molecule has 9 heteroatoms. The average molecular weight is 409 g/mol. The molecule has 6 nitrogen and oxygen atoms in total. The van der Waals surface area contributed by atoms with Crippen molar-refractivity contribution in [1.82, 2.24) is 4.98 Å². The molecule has 0 radical (unpaired) electrons. The SMILES string of the molecule is O=C(Cc1csc(-c2cccc(Cl)c2)n1)Oc1ccc([N+](=O)[O-])cc1Cl. The summed E-state index contributed by atoms with van der Waals surface area (Å²) < 4.78 is 5.17. The molecular weight excluding hydrogens is 399 g/mol. The van der Waals surface area contributed by atoms with Gasteiger partial charge in [0, 0.05) is 28.1 Å². The van der Waals surface area contributed by atoms with Crippen LogP contribution in [0.3, 0.4) is 0 Å². The lowest BCUT2D eigenvalue weighted by molar-refractivity contribution is -0.384. The number of ether oxygens (including phenoxy) is 1. The number of carbonyl (C=O) groups excluding carboxylic acids is 1. The number of aromatic nitrogens is 1. The third-order valence-electron chi connectivity index (χ3n) is 3.30. The van der Waals surface area contributed by atoms with Crippen molar-refractivity contribution >= 4 is 46.2 Å². The predicted molar refractivity (Wildman–Crippen MR) is 100 cm³/mol. The number of carbonyl (C=O) groups is 1. The second-order valence-electron chi connectivity index (χ2n) is 5.18. The molecule has 0 saturated carbocycles. The van der Waals surface area contributed by atoms with Gasteiger partial charge in [-0.2, -0.15) is 0 Å². The number of thiazole rings is 1. The van der Waals surface area contributed by atoms with Gasteiger partial charge in [0.1, 0.15) is 10.8 Å². The Labute approximate surface area is 162 Å². The second-order valence-corrected chi connectivity index (χ2v) is 6.88. The number of hydrogen-bond acceptors (Lipinski definition) is 6. The molecule has 0 fully saturated rings. The maximum Gasteiger partial charge on any atom is 0.317 e. The van der Waals surface area contributed by atoms with Crippen molar-refractivity contribution in [3.63, 3.8) is 0 Å². The van der Waals surface area contributed by atoms with E-state index in [1.54, 1.807) is 17.5 Å². The minimum absolute atomic E-state index is 0.00885. The van der Waals surface area contributed by atoms with Crippen LogP contribution >= 0.6 is 34.5 Å². The van der Waals surface area contributed by atoms with Gasteiger partial charge in [0.2, 0.25) is 0 Å². The van der Waals surface area contributed by atoms with Gasteiger partial charge in [0.25, 0.3) is 5.69 Å². The standard InChI is InChI=1S/C17H10Cl2N2O4S/c18-11-3-1-2-10(6-11)17-20-12(9-26-17)7-16(22)25-15-5-4-13(21(23)24)8-14(15)19/h1-6,8-9H,7H2. The molecular formula is C17H10Cl2N2O4S. The summed E-state index contributed by atoms with van der Waals surface area (Å²) in [6.07, 6.45) is -0.0512. The van der Waals surface area contributed by atoms with Crippen LogP contribution in [0.15, 0.2) is 47.8 Å². The molecule has 0 spiro atoms. The van der Waals surface area contributed by atoms with Crippen LogP contribution in [0.4, 0.5) is 5.69 Å². The smallest absolute Gasteiger partial charge is 0.317 e. The van der Waals surface area contributed by atoms with Crippen LogP contribution in [0.1, 0.15) is 5.69 Å². The van der Waals surface area contributed by atoms with E-state index in [4.69, 9.17) is 27.9 Å². The number of halogens is 2. The number of nitrogens with zero attached hydrogens (tertiary/aromatic N) is 2. The fourth-order valence-electron chi connectivity index (χ4n) is 2.13. The van der Waals surface area contributed by atoms with Gasteiger partial charge in [-0.05, 0) is 18.2 Å². The van der Waals surface area contributed by atoms with Crippen molar-refractivity contribution in [2.75, 3.05) is 0 Å². The highest BCUT2D eigenvalue weighted by atomic mass is 35.5. The molecule has 0 saturated heterocycles. The Morgan fingerprint density at radius 3 is 2.73 bits per heavy atom. The molecule has 0 atom stereocenters. The summed E-state index contributed by atoms with van der Waals surface area (Å²) in [5.74, 6) is -0.503. The van der Waals surface area contributed by atoms with E-state index in [0.717, 1.165) is 16.6 Å². The van der Waals surface area contributed by atoms with Gasteiger partial charge in [-0.1, -0.05) is 35.3 Å². The first-order valence-corrected chi connectivity index (χ1v) is 8.91. The summed E-state index contributed by atoms with van der Waals surface area (Å²) >= 11 is 13.3. The number of nitro benzene ring substituents is 1. The van der Waals surface area contributed by atoms with Gasteiger partial charge in [-0.15, -0.1) is 11.3 Å². The van der Waals surface area contributed by atoms with Gasteiger partial charge < -0.3 is 4.74 Å². The summed E-state index contributed by atoms with van der Waals surface area (Å²) in [7, 11) is 0. The zero-order valence-corrected chi connectivity index (χ0v) is 15.3. The highest BCUT2D eigenvalue weighted by molar-refractivity contribution is 7.13. The molecule has 1 aromatic heterocycles. The van der Waals surface area contributed by atoms with E-state index in [1.165, 1.54) is 23.5 Å². The molecule has 0 unspecified atom stereocenters. The summed E-state index contributed by atoms with van der Waals surface area (Å²) in [5, 5.41) is 13.8. The number of nitro groups is 1. The van der Waals surface area contributed by atoms with Crippen molar-refractivity contribution in [2.24, 2.45) is 0 Å². The average Bonchev–Trinajstić information content (AvgIpc) is 3.05. The molecule has 2 aromatic carbocycles. The van der Waals surface area contributed by atoms with Crippen LogP contribution < -0.4 is 4.74 Å². The first kappa shape index (κ1) is 18.3. The second kappa shape index (κ2) is 7.82. The van der Waals surface area contributed by atoms with E-state index < -0.39 is 10.9 Å². The third-order valence-corrected chi connectivity index (χ3v) is 4.77. The molecule has 3 aromatic rings. The fraction of sp³-hybridized carbons (Fsp3) is 0.0588. The number of hydrogen-bond donors (Lipinski definition) is 0. The van der Waals surface area contributed by atoms with Crippen LogP contribution in [0.2, 0.25) is 10.0 Å². The molecule has 3 rings (SSSR count). The van der Waals surface area contributed by atoms with E-state index in [9.17, 15) is 14.9 Å². The summed E-state index contributed by atoms with van der Waals surface area (Å²) in [4.78, 5) is 26.6. The summed E-state index contributed by atoms with van der Waals surface area (Å²) in [6, 6.07) is 10.9. The lowest BCUT2D eigenvalue weighted by atomic mass is 10.2. The normalized spacial score (nSPS) is 10.5. The lowest BCUT2D eigenvalue weighted by Crippen LogP contribution is -2.11. The van der Waals surface area contributed by atoms with Gasteiger partial charge in [0.05, 0.1) is 22.1 Å². The Morgan fingerprint density at radius 1 is 1.23 bits per heavy atom. The summed E-state index contributed by atoms with van der Waals surface area (Å²) in [5.41, 5.74) is 1.23. The molecule has 0 bridgehead atoms. The Morgan fingerprint density at radius 2 is 2.04 bits per heavy atom. The molecule has 0 amide bonds. The van der Waals surface area contributed by atoms with Crippen molar-refractivity contribution in [3.05, 3.63) is 73.7 Å². The third kappa shape index (κ3) is 4.37. The maximum absolute atomic E-state index is 12.1. The van der Waals surface area contributed by atoms with Crippen LogP contribution in [0.5, 0.6) is 5.75 Å². The number of benzene rings is 2. The molecule has 26 heavy (non-hydrogen) atoms. The van der Waals surface area contributed by atoms with Crippen molar-refractivity contribution in [2.45, 2.75) is 6.42 Å². The van der Waals surface area contributed by atoms with E-state index in [1.807, 2.05) is 12.1 Å². The van der Waals surface area contributed by atoms with Crippen molar-refractivity contribution in [1.29, 1.82) is 0 Å². The number of rotatable bonds is 5. The largest absolute Gasteiger partial charge is 0.425 e. The Bertz CT molecular complexity index is 990. The molecule has 0 N–H and O–H groups in total. The van der Waals surface area contributed by atoms with Crippen LogP contribution in [0, 0.1) is 10.1 Å². The molecule has 1 heterocycles. The highest BCUT2D eigenvalue weighted by Crippen LogP contribution is 2.29. The van der Waals surface area contributed by atoms with Crippen LogP contribution in [-0.4, -0.2) is 15.9 Å². The van der Waals surface area contributed by atoms with E-state index in [2.05, 4.69) is 4.98 Å². The number of non-ortho nitro benzene ring substituents is 1. The zero-order chi connectivity index (χ0) is 18.7. The quantitative estimate of drug-likeness (QED) is 0.251. The monoisotopic (exact) mass is 408 g/mol. The Kier molecular flexibility index (Phi) is 5.51. The van der Waals surface area contributed by atoms with Crippen molar-refractivity contribution < 1.29 is 14.5 Å². The van der Waals surface area contributed by atoms with Crippen LogP contribution in [0.25, 0.3) is 10.6 Å². The topological polar surface area (TPSA) is 82.3 Å². The van der Waals surface area contributed by atoms with Crippen molar-refractivity contribution in [3.8, 4) is 16.3 Å². The van der Waals surface area contributed by atoms with Gasteiger partial charge in [0.15, 0.2) is 0 Å². The zero-order valence-electron chi connectivity index (χ0n) is 13.0. The number of esters is 1. The Balaban J connectivity index is 1.68. The van der Waals surface area contributed by atoms with E-state index >= 15 is 0 Å². The molecule has 132 valence electrons. The molecule has 0 aliphatic carbocycles. The van der Waals surface area contributed by atoms with Gasteiger partial charge in [-0.3, -0.25) is 14.9 Å². The Hall–Kier alpha value is -2.48. The minimum Gasteiger partial charge on any atom is -0.425 e. The molecule has 0 aliphatic rings. The van der Waals surface area contributed by atoms with E-state index in [-0.39, 0.29) is 22.9 Å². The van der Waals surface area contributed by atoms with Crippen LogP contribution in [-0.2, 0) is 11.2 Å². The first-order valence-electron chi connectivity index (χ1n) is 7.27. The minimum atomic E-state index is -0.579. The highest BCUT2D eigenvalue weighted by Gasteiger charge is 2.15. The van der Waals surface area contributed by atoms with Gasteiger partial charge in [-0.25, -0.2) is 4.98 Å². The van der Waals surface area contributed by atoms with Gasteiger partial charge >= 0.3 is 5.97 Å². The first-order chi connectivity index (χ1) is 12.4. The van der Waals surface area contributed by atoms with E-state index in [0.29, 0.717) is 10.7 Å². The lowest BCUT2D eigenvalue weighted by Gasteiger charge is -2.05. The predicted octanol–water partition coefficient (Wildman–Crippen LogP) is 5.17. The molecule has 0 aliphatic heterocycles.